The molecule has 34 heavy (non-hydrogen) atoms. The lowest BCUT2D eigenvalue weighted by atomic mass is 10.0. The van der Waals surface area contributed by atoms with Gasteiger partial charge in [0.1, 0.15) is 11.5 Å². The molecule has 2 rings (SSSR count). The number of carbonyl (C=O) groups is 2. The quantitative estimate of drug-likeness (QED) is 0.179. The fourth-order valence-electron chi connectivity index (χ4n) is 3.48. The van der Waals surface area contributed by atoms with Crippen molar-refractivity contribution in [3.63, 3.8) is 0 Å². The number of hydrogen-bond donors (Lipinski definition) is 0. The van der Waals surface area contributed by atoms with Crippen molar-refractivity contribution in [1.29, 1.82) is 0 Å². The van der Waals surface area contributed by atoms with Gasteiger partial charge in [0.05, 0.1) is 18.8 Å². The third-order valence-corrected chi connectivity index (χ3v) is 5.48. The highest BCUT2D eigenvalue weighted by atomic mass is 16.5. The molecule has 0 atom stereocenters. The van der Waals surface area contributed by atoms with Crippen LogP contribution in [0.2, 0.25) is 0 Å². The highest BCUT2D eigenvalue weighted by molar-refractivity contribution is 6.07. The van der Waals surface area contributed by atoms with E-state index in [0.717, 1.165) is 61.2 Å². The van der Waals surface area contributed by atoms with Gasteiger partial charge < -0.3 is 14.4 Å². The lowest BCUT2D eigenvalue weighted by molar-refractivity contribution is 0.0827. The Hall–Kier alpha value is -3.08. The molecule has 0 bridgehead atoms. The van der Waals surface area contributed by atoms with Crippen LogP contribution in [-0.4, -0.2) is 43.9 Å². The van der Waals surface area contributed by atoms with Crippen molar-refractivity contribution in [1.82, 2.24) is 4.90 Å². The third kappa shape index (κ3) is 7.75. The Kier molecular flexibility index (Phi) is 11.4. The molecular formula is C29H39NO4. The summed E-state index contributed by atoms with van der Waals surface area (Å²) in [6, 6.07) is 10.8. The van der Waals surface area contributed by atoms with E-state index in [1.54, 1.807) is 44.4 Å². The van der Waals surface area contributed by atoms with Crippen molar-refractivity contribution >= 4 is 17.8 Å². The Labute approximate surface area is 204 Å². The number of aryl methyl sites for hydroxylation is 1. The molecule has 5 heteroatoms. The molecule has 0 heterocycles. The Balaban J connectivity index is 2.37. The lowest BCUT2D eigenvalue weighted by Gasteiger charge is -2.18. The van der Waals surface area contributed by atoms with Crippen molar-refractivity contribution < 1.29 is 19.1 Å². The van der Waals surface area contributed by atoms with Crippen LogP contribution in [0.25, 0.3) is 6.08 Å². The highest BCUT2D eigenvalue weighted by Crippen LogP contribution is 2.35. The molecule has 5 nitrogen and oxygen atoms in total. The monoisotopic (exact) mass is 465 g/mol. The Morgan fingerprint density at radius 1 is 0.824 bits per heavy atom. The van der Waals surface area contributed by atoms with Crippen molar-refractivity contribution in [3.8, 4) is 11.5 Å². The van der Waals surface area contributed by atoms with Crippen LogP contribution < -0.4 is 9.47 Å². The smallest absolute Gasteiger partial charge is 0.253 e. The molecule has 1 amide bonds. The molecule has 0 saturated carbocycles. The molecule has 184 valence electrons. The maximum absolute atomic E-state index is 12.9. The minimum atomic E-state index is -0.135. The summed E-state index contributed by atoms with van der Waals surface area (Å²) in [6.07, 6.45) is 9.29. The number of benzene rings is 2. The van der Waals surface area contributed by atoms with E-state index in [1.165, 1.54) is 4.90 Å². The van der Waals surface area contributed by atoms with Crippen LogP contribution in [0.5, 0.6) is 11.5 Å². The summed E-state index contributed by atoms with van der Waals surface area (Å²) in [5.41, 5.74) is 3.01. The predicted molar refractivity (Wildman–Crippen MR) is 139 cm³/mol. The van der Waals surface area contributed by atoms with Gasteiger partial charge in [-0.25, -0.2) is 0 Å². The number of allylic oxidation sites excluding steroid dienone is 1. The standard InChI is InChI=1S/C29H39NO4/c1-6-9-20-33-27-19-16-23(11-8-3)28(34-21-10-7-2)25(27)17-18-26(31)22-12-14-24(15-13-22)29(32)30(4)5/h12-19H,6-11,20-21H2,1-5H3/b18-17+. The first-order chi connectivity index (χ1) is 16.4. The molecule has 0 spiro atoms. The van der Waals surface area contributed by atoms with E-state index < -0.39 is 0 Å². The molecule has 2 aromatic rings. The topological polar surface area (TPSA) is 55.8 Å². The van der Waals surface area contributed by atoms with Crippen molar-refractivity contribution in [3.05, 3.63) is 64.7 Å². The van der Waals surface area contributed by atoms with Gasteiger partial charge in [-0.15, -0.1) is 0 Å². The first kappa shape index (κ1) is 27.2. The van der Waals surface area contributed by atoms with Crippen LogP contribution in [0.3, 0.4) is 0 Å². The predicted octanol–water partition coefficient (Wildman–Crippen LogP) is 6.59. The van der Waals surface area contributed by atoms with Crippen LogP contribution in [0.4, 0.5) is 0 Å². The van der Waals surface area contributed by atoms with Gasteiger partial charge in [-0.3, -0.25) is 9.59 Å². The first-order valence-electron chi connectivity index (χ1n) is 12.4. The van der Waals surface area contributed by atoms with Gasteiger partial charge in [0.15, 0.2) is 5.78 Å². The second-order valence-electron chi connectivity index (χ2n) is 8.59. The van der Waals surface area contributed by atoms with Gasteiger partial charge in [-0.1, -0.05) is 58.2 Å². The minimum absolute atomic E-state index is 0.0926. The number of ether oxygens (including phenoxy) is 2. The van der Waals surface area contributed by atoms with Gasteiger partial charge in [-0.2, -0.15) is 0 Å². The number of amides is 1. The van der Waals surface area contributed by atoms with Gasteiger partial charge in [-0.05, 0) is 55.2 Å². The second kappa shape index (κ2) is 14.2. The van der Waals surface area contributed by atoms with Crippen molar-refractivity contribution in [2.24, 2.45) is 0 Å². The zero-order valence-electron chi connectivity index (χ0n) is 21.4. The van der Waals surface area contributed by atoms with E-state index in [-0.39, 0.29) is 11.7 Å². The number of ketones is 1. The van der Waals surface area contributed by atoms with Crippen LogP contribution in [0, 0.1) is 0 Å². The summed E-state index contributed by atoms with van der Waals surface area (Å²) in [5, 5.41) is 0. The molecule has 0 N–H and O–H groups in total. The molecule has 0 saturated heterocycles. The second-order valence-corrected chi connectivity index (χ2v) is 8.59. The summed E-state index contributed by atoms with van der Waals surface area (Å²) < 4.78 is 12.3. The molecule has 0 fully saturated rings. The van der Waals surface area contributed by atoms with E-state index in [0.29, 0.717) is 24.3 Å². The summed E-state index contributed by atoms with van der Waals surface area (Å²) >= 11 is 0. The summed E-state index contributed by atoms with van der Waals surface area (Å²) in [4.78, 5) is 26.5. The van der Waals surface area contributed by atoms with E-state index in [1.807, 2.05) is 12.1 Å². The first-order valence-corrected chi connectivity index (χ1v) is 12.4. The number of carbonyl (C=O) groups excluding carboxylic acids is 2. The molecule has 0 aromatic heterocycles. The number of rotatable bonds is 14. The Morgan fingerprint density at radius 3 is 2.03 bits per heavy atom. The fraction of sp³-hybridized carbons (Fsp3) is 0.448. The van der Waals surface area contributed by atoms with E-state index >= 15 is 0 Å². The molecule has 0 aliphatic carbocycles. The maximum atomic E-state index is 12.9. The SMILES string of the molecule is CCCCOc1ccc(CCC)c(OCCCC)c1/C=C/C(=O)c1ccc(C(=O)N(C)C)cc1. The molecule has 0 aliphatic heterocycles. The third-order valence-electron chi connectivity index (χ3n) is 5.48. The van der Waals surface area contributed by atoms with Crippen molar-refractivity contribution in [2.45, 2.75) is 59.3 Å². The number of unbranched alkanes of at least 4 members (excludes halogenated alkanes) is 2. The molecule has 0 unspecified atom stereocenters. The van der Waals surface area contributed by atoms with Crippen LogP contribution in [0.1, 0.15) is 84.7 Å². The normalized spacial score (nSPS) is 11.0. The van der Waals surface area contributed by atoms with E-state index in [2.05, 4.69) is 26.8 Å². The molecule has 0 aliphatic rings. The van der Waals surface area contributed by atoms with Gasteiger partial charge >= 0.3 is 0 Å². The van der Waals surface area contributed by atoms with E-state index in [4.69, 9.17) is 9.47 Å². The zero-order valence-corrected chi connectivity index (χ0v) is 21.4. The fourth-order valence-corrected chi connectivity index (χ4v) is 3.48. The van der Waals surface area contributed by atoms with Crippen LogP contribution in [-0.2, 0) is 6.42 Å². The lowest BCUT2D eigenvalue weighted by Crippen LogP contribution is -2.21. The summed E-state index contributed by atoms with van der Waals surface area (Å²) in [5.74, 6) is 1.31. The number of hydrogen-bond acceptors (Lipinski definition) is 4. The summed E-state index contributed by atoms with van der Waals surface area (Å²) in [6.45, 7) is 7.66. The van der Waals surface area contributed by atoms with Gasteiger partial charge in [0.2, 0.25) is 0 Å². The Bertz CT molecular complexity index is 961. The zero-order chi connectivity index (χ0) is 24.9. The van der Waals surface area contributed by atoms with Gasteiger partial charge in [0.25, 0.3) is 5.91 Å². The maximum Gasteiger partial charge on any atom is 0.253 e. The molecular weight excluding hydrogens is 426 g/mol. The molecule has 0 radical (unpaired) electrons. The molecule has 2 aromatic carbocycles. The largest absolute Gasteiger partial charge is 0.493 e. The average molecular weight is 466 g/mol. The van der Waals surface area contributed by atoms with Gasteiger partial charge in [0, 0.05) is 25.2 Å². The highest BCUT2D eigenvalue weighted by Gasteiger charge is 2.15. The summed E-state index contributed by atoms with van der Waals surface area (Å²) in [7, 11) is 3.41. The van der Waals surface area contributed by atoms with Crippen LogP contribution >= 0.6 is 0 Å². The van der Waals surface area contributed by atoms with Crippen molar-refractivity contribution in [2.75, 3.05) is 27.3 Å². The minimum Gasteiger partial charge on any atom is -0.493 e. The van der Waals surface area contributed by atoms with Crippen LogP contribution in [0.15, 0.2) is 42.5 Å². The van der Waals surface area contributed by atoms with E-state index in [9.17, 15) is 9.59 Å². The Morgan fingerprint density at radius 2 is 1.44 bits per heavy atom. The number of nitrogens with zero attached hydrogens (tertiary/aromatic N) is 1. The average Bonchev–Trinajstić information content (AvgIpc) is 2.84.